The fraction of sp³-hybridized carbons (Fsp3) is 0.348. The summed E-state index contributed by atoms with van der Waals surface area (Å²) in [7, 11) is 0. The zero-order valence-electron chi connectivity index (χ0n) is 17.1. The van der Waals surface area contributed by atoms with E-state index in [9.17, 15) is 4.79 Å². The monoisotopic (exact) mass is 406 g/mol. The molecule has 0 saturated carbocycles. The van der Waals surface area contributed by atoms with E-state index >= 15 is 0 Å². The van der Waals surface area contributed by atoms with Gasteiger partial charge in [-0.3, -0.25) is 4.79 Å². The van der Waals surface area contributed by atoms with E-state index in [1.165, 1.54) is 22.7 Å². The molecule has 29 heavy (non-hydrogen) atoms. The van der Waals surface area contributed by atoms with Crippen molar-refractivity contribution in [2.75, 3.05) is 24.5 Å². The Morgan fingerprint density at radius 1 is 1.03 bits per heavy atom. The number of amides is 1. The van der Waals surface area contributed by atoms with Gasteiger partial charge in [0.15, 0.2) is 0 Å². The van der Waals surface area contributed by atoms with Crippen molar-refractivity contribution >= 4 is 22.6 Å². The van der Waals surface area contributed by atoms with Crippen LogP contribution in [0.1, 0.15) is 39.8 Å². The van der Waals surface area contributed by atoms with Crippen LogP contribution < -0.4 is 4.90 Å². The van der Waals surface area contributed by atoms with Gasteiger partial charge >= 0.3 is 0 Å². The molecular formula is C23H26N4OS. The Balaban J connectivity index is 1.39. The van der Waals surface area contributed by atoms with Gasteiger partial charge in [0.25, 0.3) is 5.91 Å². The largest absolute Gasteiger partial charge is 0.343 e. The molecule has 0 bridgehead atoms. The number of aryl methyl sites for hydroxylation is 2. The highest BCUT2D eigenvalue weighted by atomic mass is 32.1. The second-order valence-corrected chi connectivity index (χ2v) is 8.55. The zero-order valence-corrected chi connectivity index (χ0v) is 17.9. The predicted octanol–water partition coefficient (Wildman–Crippen LogP) is 4.10. The molecule has 1 aliphatic heterocycles. The van der Waals surface area contributed by atoms with Crippen LogP contribution in [0.15, 0.2) is 48.5 Å². The maximum atomic E-state index is 12.9. The summed E-state index contributed by atoms with van der Waals surface area (Å²) >= 11 is 1.45. The van der Waals surface area contributed by atoms with E-state index in [2.05, 4.69) is 47.4 Å². The third-order valence-corrected chi connectivity index (χ3v) is 6.21. The fourth-order valence-electron chi connectivity index (χ4n) is 3.63. The van der Waals surface area contributed by atoms with E-state index < -0.39 is 0 Å². The molecule has 1 amide bonds. The maximum absolute atomic E-state index is 12.9. The first-order valence-corrected chi connectivity index (χ1v) is 10.8. The predicted molar refractivity (Wildman–Crippen MR) is 118 cm³/mol. The Morgan fingerprint density at radius 3 is 2.34 bits per heavy atom. The average Bonchev–Trinajstić information content (AvgIpc) is 3.18. The van der Waals surface area contributed by atoms with E-state index in [1.54, 1.807) is 0 Å². The molecule has 0 unspecified atom stereocenters. The zero-order chi connectivity index (χ0) is 20.4. The van der Waals surface area contributed by atoms with Crippen molar-refractivity contribution in [2.45, 2.75) is 33.2 Å². The second kappa shape index (κ2) is 8.33. The molecule has 1 fully saturated rings. The van der Waals surface area contributed by atoms with Crippen molar-refractivity contribution in [1.82, 2.24) is 14.3 Å². The standard InChI is InChI=1S/C23H26N4OS/c1-16-4-8-19(9-5-16)14-21-24-23(29-25-21)26-12-13-27(18(3)15-26)22(28)20-10-6-17(2)7-11-20/h4-11,18H,12-15H2,1-3H3/t18-/m1/s1. The number of rotatable bonds is 4. The summed E-state index contributed by atoms with van der Waals surface area (Å²) in [5.41, 5.74) is 4.40. The molecule has 0 spiro atoms. The Morgan fingerprint density at radius 2 is 1.69 bits per heavy atom. The van der Waals surface area contributed by atoms with Crippen LogP contribution in [0.5, 0.6) is 0 Å². The normalized spacial score (nSPS) is 16.9. The minimum Gasteiger partial charge on any atom is -0.343 e. The third kappa shape index (κ3) is 4.48. The van der Waals surface area contributed by atoms with E-state index in [-0.39, 0.29) is 11.9 Å². The molecule has 2 heterocycles. The molecule has 1 aromatic heterocycles. The number of hydrogen-bond acceptors (Lipinski definition) is 5. The summed E-state index contributed by atoms with van der Waals surface area (Å²) in [4.78, 5) is 21.8. The highest BCUT2D eigenvalue weighted by molar-refractivity contribution is 7.09. The number of carbonyl (C=O) groups excluding carboxylic acids is 1. The van der Waals surface area contributed by atoms with Crippen LogP contribution in [0.3, 0.4) is 0 Å². The lowest BCUT2D eigenvalue weighted by Gasteiger charge is -2.39. The molecule has 0 radical (unpaired) electrons. The van der Waals surface area contributed by atoms with Gasteiger partial charge in [0, 0.05) is 49.2 Å². The van der Waals surface area contributed by atoms with E-state index in [4.69, 9.17) is 4.98 Å². The highest BCUT2D eigenvalue weighted by Gasteiger charge is 2.29. The molecule has 1 atom stereocenters. The van der Waals surface area contributed by atoms with Gasteiger partial charge in [-0.05, 0) is 38.5 Å². The lowest BCUT2D eigenvalue weighted by molar-refractivity contribution is 0.0674. The van der Waals surface area contributed by atoms with Crippen LogP contribution in [-0.4, -0.2) is 45.8 Å². The van der Waals surface area contributed by atoms with Gasteiger partial charge in [-0.2, -0.15) is 4.37 Å². The van der Waals surface area contributed by atoms with Crippen LogP contribution >= 0.6 is 11.5 Å². The minimum absolute atomic E-state index is 0.106. The molecule has 0 N–H and O–H groups in total. The van der Waals surface area contributed by atoms with Crippen molar-refractivity contribution in [2.24, 2.45) is 0 Å². The first-order chi connectivity index (χ1) is 14.0. The Kier molecular flexibility index (Phi) is 5.62. The molecule has 150 valence electrons. The molecule has 1 aliphatic rings. The van der Waals surface area contributed by atoms with Crippen molar-refractivity contribution in [3.05, 3.63) is 76.6 Å². The first kappa shape index (κ1) is 19.6. The van der Waals surface area contributed by atoms with Crippen LogP contribution in [0.2, 0.25) is 0 Å². The van der Waals surface area contributed by atoms with Crippen LogP contribution in [0, 0.1) is 13.8 Å². The number of anilines is 1. The molecule has 2 aromatic carbocycles. The number of piperazine rings is 1. The van der Waals surface area contributed by atoms with E-state index in [0.29, 0.717) is 6.54 Å². The van der Waals surface area contributed by atoms with E-state index in [1.807, 2.05) is 36.1 Å². The lowest BCUT2D eigenvalue weighted by Crippen LogP contribution is -2.54. The maximum Gasteiger partial charge on any atom is 0.254 e. The smallest absolute Gasteiger partial charge is 0.254 e. The topological polar surface area (TPSA) is 49.3 Å². The number of aromatic nitrogens is 2. The molecule has 6 heteroatoms. The summed E-state index contributed by atoms with van der Waals surface area (Å²) in [5, 5.41) is 0.946. The molecule has 0 aliphatic carbocycles. The number of benzene rings is 2. The average molecular weight is 407 g/mol. The van der Waals surface area contributed by atoms with Gasteiger partial charge in [0.05, 0.1) is 0 Å². The van der Waals surface area contributed by atoms with Crippen LogP contribution in [-0.2, 0) is 6.42 Å². The van der Waals surface area contributed by atoms with Gasteiger partial charge in [0.1, 0.15) is 5.82 Å². The molecule has 1 saturated heterocycles. The molecule has 3 aromatic rings. The van der Waals surface area contributed by atoms with Crippen LogP contribution in [0.4, 0.5) is 5.13 Å². The van der Waals surface area contributed by atoms with Crippen molar-refractivity contribution in [3.63, 3.8) is 0 Å². The Hall–Kier alpha value is -2.73. The van der Waals surface area contributed by atoms with E-state index in [0.717, 1.165) is 41.6 Å². The highest BCUT2D eigenvalue weighted by Crippen LogP contribution is 2.23. The number of hydrogen-bond donors (Lipinski definition) is 0. The summed E-state index contributed by atoms with van der Waals surface area (Å²) in [6.45, 7) is 8.48. The van der Waals surface area contributed by atoms with Gasteiger partial charge in [-0.1, -0.05) is 47.5 Å². The number of nitrogens with zero attached hydrogens (tertiary/aromatic N) is 4. The Bertz CT molecular complexity index is 981. The minimum atomic E-state index is 0.106. The molecular weight excluding hydrogens is 380 g/mol. The molecule has 4 rings (SSSR count). The second-order valence-electron chi connectivity index (χ2n) is 7.82. The molecule has 5 nitrogen and oxygen atoms in total. The van der Waals surface area contributed by atoms with Crippen LogP contribution in [0.25, 0.3) is 0 Å². The summed E-state index contributed by atoms with van der Waals surface area (Å²) in [6.07, 6.45) is 0.748. The van der Waals surface area contributed by atoms with Gasteiger partial charge in [-0.25, -0.2) is 4.98 Å². The number of carbonyl (C=O) groups is 1. The Labute approximate surface area is 176 Å². The first-order valence-electron chi connectivity index (χ1n) is 10.0. The van der Waals surface area contributed by atoms with Gasteiger partial charge in [-0.15, -0.1) is 0 Å². The summed E-state index contributed by atoms with van der Waals surface area (Å²) < 4.78 is 4.55. The van der Waals surface area contributed by atoms with Crippen molar-refractivity contribution in [3.8, 4) is 0 Å². The SMILES string of the molecule is Cc1ccc(Cc2nsc(N3CCN(C(=O)c4ccc(C)cc4)[C@H](C)C3)n2)cc1. The van der Waals surface area contributed by atoms with Gasteiger partial charge in [0.2, 0.25) is 5.13 Å². The van der Waals surface area contributed by atoms with Crippen molar-refractivity contribution < 1.29 is 4.79 Å². The lowest BCUT2D eigenvalue weighted by atomic mass is 10.1. The fourth-order valence-corrected chi connectivity index (χ4v) is 4.35. The third-order valence-electron chi connectivity index (χ3n) is 5.40. The quantitative estimate of drug-likeness (QED) is 0.655. The van der Waals surface area contributed by atoms with Gasteiger partial charge < -0.3 is 9.80 Å². The van der Waals surface area contributed by atoms with Crippen molar-refractivity contribution in [1.29, 1.82) is 0 Å². The summed E-state index contributed by atoms with van der Waals surface area (Å²) in [6, 6.07) is 16.4. The summed E-state index contributed by atoms with van der Waals surface area (Å²) in [5.74, 6) is 0.967.